The lowest BCUT2D eigenvalue weighted by molar-refractivity contribution is -0.125. The van der Waals surface area contributed by atoms with Crippen molar-refractivity contribution in [2.45, 2.75) is 45.3 Å². The molecule has 3 heterocycles. The monoisotopic (exact) mass is 438 g/mol. The van der Waals surface area contributed by atoms with Gasteiger partial charge >= 0.3 is 0 Å². The summed E-state index contributed by atoms with van der Waals surface area (Å²) in [6.45, 7) is 7.92. The average Bonchev–Trinajstić information content (AvgIpc) is 3.32. The van der Waals surface area contributed by atoms with Crippen LogP contribution in [0.2, 0.25) is 0 Å². The number of hydrogen-bond acceptors (Lipinski definition) is 6. The predicted molar refractivity (Wildman–Crippen MR) is 124 cm³/mol. The molecule has 0 atom stereocenters. The summed E-state index contributed by atoms with van der Waals surface area (Å²) in [6.07, 6.45) is 3.43. The van der Waals surface area contributed by atoms with Crippen molar-refractivity contribution in [2.75, 3.05) is 26.7 Å². The molecule has 0 radical (unpaired) electrons. The Morgan fingerprint density at radius 2 is 1.84 bits per heavy atom. The third-order valence-corrected chi connectivity index (χ3v) is 6.08. The molecule has 1 spiro atoms. The number of carbonyl (C=O) groups is 1. The molecule has 2 aromatic rings. The smallest absolute Gasteiger partial charge is 0.254 e. The third kappa shape index (κ3) is 5.12. The molecule has 172 valence electrons. The Kier molecular flexibility index (Phi) is 6.50. The van der Waals surface area contributed by atoms with Crippen molar-refractivity contribution in [2.24, 2.45) is 18.0 Å². The van der Waals surface area contributed by atoms with Gasteiger partial charge in [0.05, 0.1) is 18.8 Å². The summed E-state index contributed by atoms with van der Waals surface area (Å²) in [6, 6.07) is 10.2. The molecule has 1 saturated heterocycles. The fourth-order valence-electron chi connectivity index (χ4n) is 4.10. The van der Waals surface area contributed by atoms with Crippen LogP contribution in [0.3, 0.4) is 0 Å². The Hall–Kier alpha value is -2.87. The lowest BCUT2D eigenvalue weighted by Crippen LogP contribution is -2.48. The summed E-state index contributed by atoms with van der Waals surface area (Å²) in [5.74, 6) is 2.02. The van der Waals surface area contributed by atoms with Crippen molar-refractivity contribution < 1.29 is 9.53 Å². The van der Waals surface area contributed by atoms with Gasteiger partial charge in [0.15, 0.2) is 0 Å². The Bertz CT molecular complexity index is 957. The lowest BCUT2D eigenvalue weighted by Gasteiger charge is -2.33. The van der Waals surface area contributed by atoms with E-state index in [9.17, 15) is 4.79 Å². The summed E-state index contributed by atoms with van der Waals surface area (Å²) in [5, 5.41) is 7.61. The van der Waals surface area contributed by atoms with Crippen molar-refractivity contribution in [1.29, 1.82) is 0 Å². The fourth-order valence-corrected chi connectivity index (χ4v) is 4.10. The number of amides is 1. The van der Waals surface area contributed by atoms with Gasteiger partial charge in [-0.05, 0) is 49.6 Å². The second kappa shape index (κ2) is 9.32. The number of aliphatic imine (C=N–C) groups is 1. The number of ether oxygens (including phenoxy) is 1. The average molecular weight is 439 g/mol. The van der Waals surface area contributed by atoms with E-state index in [2.05, 4.69) is 53.2 Å². The van der Waals surface area contributed by atoms with Crippen LogP contribution in [0.25, 0.3) is 0 Å². The van der Waals surface area contributed by atoms with Gasteiger partial charge in [0.25, 0.3) is 5.91 Å². The van der Waals surface area contributed by atoms with E-state index in [1.54, 1.807) is 4.68 Å². The molecule has 2 aliphatic heterocycles. The van der Waals surface area contributed by atoms with Crippen LogP contribution < -0.4 is 10.1 Å². The van der Waals surface area contributed by atoms with Crippen molar-refractivity contribution >= 4 is 11.9 Å². The van der Waals surface area contributed by atoms with E-state index in [-0.39, 0.29) is 5.91 Å². The van der Waals surface area contributed by atoms with Crippen LogP contribution in [-0.4, -0.2) is 63.7 Å². The fraction of sp³-hybridized carbons (Fsp3) is 0.542. The maximum Gasteiger partial charge on any atom is 0.254 e. The second-order valence-electron chi connectivity index (χ2n) is 9.41. The number of carbonyl (C=O) groups excluding carboxylic acids is 1. The van der Waals surface area contributed by atoms with E-state index in [0.717, 1.165) is 42.9 Å². The number of aromatic nitrogens is 2. The van der Waals surface area contributed by atoms with Crippen molar-refractivity contribution in [3.8, 4) is 5.75 Å². The van der Waals surface area contributed by atoms with Gasteiger partial charge in [-0.1, -0.05) is 26.0 Å². The molecule has 1 aromatic carbocycles. The van der Waals surface area contributed by atoms with Crippen LogP contribution in [0.4, 0.5) is 0 Å². The first-order valence-corrected chi connectivity index (χ1v) is 11.4. The van der Waals surface area contributed by atoms with Gasteiger partial charge in [-0.3, -0.25) is 14.8 Å². The molecule has 1 fully saturated rings. The summed E-state index contributed by atoms with van der Waals surface area (Å²) >= 11 is 0. The molecule has 1 amide bonds. The van der Waals surface area contributed by atoms with Crippen LogP contribution in [0.1, 0.15) is 37.9 Å². The van der Waals surface area contributed by atoms with Gasteiger partial charge < -0.3 is 14.5 Å². The number of nitrogens with one attached hydrogen (secondary N) is 1. The second-order valence-corrected chi connectivity index (χ2v) is 9.41. The van der Waals surface area contributed by atoms with Gasteiger partial charge in [0.1, 0.15) is 11.3 Å². The lowest BCUT2D eigenvalue weighted by atomic mass is 9.88. The molecule has 1 N–H and O–H groups in total. The van der Waals surface area contributed by atoms with Crippen molar-refractivity contribution in [1.82, 2.24) is 24.9 Å². The first kappa shape index (κ1) is 22.3. The molecule has 0 unspecified atom stereocenters. The molecule has 8 nitrogen and oxygen atoms in total. The number of benzene rings is 1. The number of guanidine groups is 1. The number of rotatable bonds is 7. The highest BCUT2D eigenvalue weighted by Gasteiger charge is 2.46. The number of hydrogen-bond donors (Lipinski definition) is 1. The van der Waals surface area contributed by atoms with E-state index >= 15 is 0 Å². The molecule has 4 rings (SSSR count). The molecule has 8 heteroatoms. The molecule has 0 bridgehead atoms. The van der Waals surface area contributed by atoms with E-state index in [4.69, 9.17) is 9.73 Å². The first-order valence-electron chi connectivity index (χ1n) is 11.4. The van der Waals surface area contributed by atoms with E-state index in [0.29, 0.717) is 31.6 Å². The molecule has 1 aromatic heterocycles. The van der Waals surface area contributed by atoms with Crippen LogP contribution in [0, 0.1) is 5.92 Å². The summed E-state index contributed by atoms with van der Waals surface area (Å²) in [5.41, 5.74) is 1.42. The Labute approximate surface area is 190 Å². The van der Waals surface area contributed by atoms with Gasteiger partial charge in [-0.2, -0.15) is 5.10 Å². The molecule has 0 aliphatic carbocycles. The topological polar surface area (TPSA) is 75.0 Å². The van der Waals surface area contributed by atoms with Crippen LogP contribution in [0.15, 0.2) is 41.5 Å². The summed E-state index contributed by atoms with van der Waals surface area (Å²) < 4.78 is 7.61. The highest BCUT2D eigenvalue weighted by atomic mass is 16.5. The summed E-state index contributed by atoms with van der Waals surface area (Å²) in [7, 11) is 4.00. The number of likely N-dealkylation sites (tertiary alicyclic amines) is 1. The van der Waals surface area contributed by atoms with E-state index in [1.807, 2.05) is 31.4 Å². The largest absolute Gasteiger partial charge is 0.493 e. The maximum absolute atomic E-state index is 12.9. The normalized spacial score (nSPS) is 18.2. The standard InChI is InChI=1S/C24H34N6O2/c1-18(2)17-32-21-7-5-19(6-8-21)15-30(16-20-9-12-29(4)27-20)23-25-22(31)24(26-23)10-13-28(3)14-11-24/h5-9,12,18H,10-11,13-17H2,1-4H3,(H,25,26,31). The van der Waals surface area contributed by atoms with Gasteiger partial charge in [0, 0.05) is 32.9 Å². The quantitative estimate of drug-likeness (QED) is 0.719. The van der Waals surface area contributed by atoms with E-state index in [1.165, 1.54) is 0 Å². The van der Waals surface area contributed by atoms with Gasteiger partial charge in [-0.15, -0.1) is 0 Å². The highest BCUT2D eigenvalue weighted by Crippen LogP contribution is 2.30. The number of aryl methyl sites for hydroxylation is 1. The predicted octanol–water partition coefficient (Wildman–Crippen LogP) is 2.41. The van der Waals surface area contributed by atoms with Crippen LogP contribution in [-0.2, 0) is 24.9 Å². The minimum absolute atomic E-state index is 0.0176. The first-order chi connectivity index (χ1) is 15.3. The third-order valence-electron chi connectivity index (χ3n) is 6.08. The minimum atomic E-state index is -0.640. The van der Waals surface area contributed by atoms with Crippen LogP contribution >= 0.6 is 0 Å². The molecule has 2 aliphatic rings. The minimum Gasteiger partial charge on any atom is -0.493 e. The van der Waals surface area contributed by atoms with Gasteiger partial charge in [-0.25, -0.2) is 4.99 Å². The van der Waals surface area contributed by atoms with Crippen molar-refractivity contribution in [3.05, 3.63) is 47.8 Å². The SMILES string of the molecule is CC(C)COc1ccc(CN(Cc2ccn(C)n2)C2=NC3(CCN(C)CC3)C(=O)N2)cc1. The number of nitrogens with zero attached hydrogens (tertiary/aromatic N) is 5. The van der Waals surface area contributed by atoms with Crippen molar-refractivity contribution in [3.63, 3.8) is 0 Å². The van der Waals surface area contributed by atoms with Crippen LogP contribution in [0.5, 0.6) is 5.75 Å². The zero-order chi connectivity index (χ0) is 22.7. The molecular formula is C24H34N6O2. The Morgan fingerprint density at radius 1 is 1.12 bits per heavy atom. The van der Waals surface area contributed by atoms with E-state index < -0.39 is 5.54 Å². The Balaban J connectivity index is 1.53. The molecule has 32 heavy (non-hydrogen) atoms. The summed E-state index contributed by atoms with van der Waals surface area (Å²) in [4.78, 5) is 22.3. The van der Waals surface area contributed by atoms with Gasteiger partial charge in [0.2, 0.25) is 5.96 Å². The number of piperidine rings is 1. The maximum atomic E-state index is 12.9. The highest BCUT2D eigenvalue weighted by molar-refractivity contribution is 6.07. The Morgan fingerprint density at radius 3 is 2.47 bits per heavy atom. The molecule has 0 saturated carbocycles. The zero-order valence-electron chi connectivity index (χ0n) is 19.5. The zero-order valence-corrected chi connectivity index (χ0v) is 19.5. The molecular weight excluding hydrogens is 404 g/mol.